The number of carbonyl (C=O) groups excluding carboxylic acids is 2. The van der Waals surface area contributed by atoms with Crippen LogP contribution < -0.4 is 10.6 Å². The summed E-state index contributed by atoms with van der Waals surface area (Å²) in [4.78, 5) is 34.1. The molecule has 3 heterocycles. The summed E-state index contributed by atoms with van der Waals surface area (Å²) in [6.07, 6.45) is 2.90. The van der Waals surface area contributed by atoms with E-state index >= 15 is 0 Å². The SMILES string of the molecule is Nc1ccc2nc(N3C(=O)c4ccncc4C3=O)sc2c1. The second-order valence-corrected chi connectivity index (χ2v) is 5.60. The van der Waals surface area contributed by atoms with Crippen LogP contribution in [0.25, 0.3) is 10.2 Å². The monoisotopic (exact) mass is 296 g/mol. The summed E-state index contributed by atoms with van der Waals surface area (Å²) < 4.78 is 0.833. The predicted molar refractivity (Wildman–Crippen MR) is 79.4 cm³/mol. The number of hydrogen-bond donors (Lipinski definition) is 1. The first-order valence-electron chi connectivity index (χ1n) is 6.14. The van der Waals surface area contributed by atoms with E-state index in [0.717, 1.165) is 9.60 Å². The van der Waals surface area contributed by atoms with Crippen molar-refractivity contribution in [2.24, 2.45) is 0 Å². The Hall–Kier alpha value is -2.80. The quantitative estimate of drug-likeness (QED) is 0.548. The van der Waals surface area contributed by atoms with E-state index in [2.05, 4.69) is 9.97 Å². The zero-order valence-electron chi connectivity index (χ0n) is 10.6. The summed E-state index contributed by atoms with van der Waals surface area (Å²) >= 11 is 1.26. The summed E-state index contributed by atoms with van der Waals surface area (Å²) in [6, 6.07) is 6.82. The Morgan fingerprint density at radius 1 is 1.10 bits per heavy atom. The third kappa shape index (κ3) is 1.64. The number of pyridine rings is 1. The molecule has 7 heteroatoms. The van der Waals surface area contributed by atoms with Gasteiger partial charge >= 0.3 is 0 Å². The van der Waals surface area contributed by atoms with Gasteiger partial charge in [-0.2, -0.15) is 0 Å². The fraction of sp³-hybridized carbons (Fsp3) is 0. The lowest BCUT2D eigenvalue weighted by Crippen LogP contribution is -2.29. The number of amides is 2. The number of carbonyl (C=O) groups is 2. The molecule has 0 radical (unpaired) electrons. The minimum absolute atomic E-state index is 0.307. The fourth-order valence-corrected chi connectivity index (χ4v) is 3.29. The van der Waals surface area contributed by atoms with Crippen molar-refractivity contribution >= 4 is 44.2 Å². The highest BCUT2D eigenvalue weighted by Crippen LogP contribution is 2.34. The van der Waals surface area contributed by atoms with Crippen LogP contribution in [0.5, 0.6) is 0 Å². The molecule has 21 heavy (non-hydrogen) atoms. The zero-order chi connectivity index (χ0) is 14.6. The molecule has 1 aliphatic rings. The normalized spacial score (nSPS) is 14.0. The van der Waals surface area contributed by atoms with Crippen LogP contribution in [0.2, 0.25) is 0 Å². The van der Waals surface area contributed by atoms with Gasteiger partial charge in [-0.05, 0) is 24.3 Å². The molecule has 0 atom stereocenters. The van der Waals surface area contributed by atoms with Gasteiger partial charge in [0, 0.05) is 18.1 Å². The maximum absolute atomic E-state index is 12.4. The lowest BCUT2D eigenvalue weighted by molar-refractivity contribution is 0.0926. The van der Waals surface area contributed by atoms with E-state index < -0.39 is 5.91 Å². The van der Waals surface area contributed by atoms with E-state index in [9.17, 15) is 9.59 Å². The van der Waals surface area contributed by atoms with E-state index in [0.29, 0.717) is 27.5 Å². The molecule has 102 valence electrons. The van der Waals surface area contributed by atoms with Gasteiger partial charge in [0.1, 0.15) is 0 Å². The third-order valence-electron chi connectivity index (χ3n) is 3.28. The van der Waals surface area contributed by atoms with Gasteiger partial charge in [0.15, 0.2) is 0 Å². The van der Waals surface area contributed by atoms with Gasteiger partial charge in [-0.1, -0.05) is 11.3 Å². The number of nitrogen functional groups attached to an aromatic ring is 1. The molecule has 2 aromatic heterocycles. The summed E-state index contributed by atoms with van der Waals surface area (Å²) in [7, 11) is 0. The van der Waals surface area contributed by atoms with Crippen LogP contribution in [0.15, 0.2) is 36.7 Å². The first-order valence-corrected chi connectivity index (χ1v) is 6.95. The summed E-state index contributed by atoms with van der Waals surface area (Å²) in [5.74, 6) is -0.764. The lowest BCUT2D eigenvalue weighted by atomic mass is 10.2. The number of aromatic nitrogens is 2. The first-order chi connectivity index (χ1) is 10.1. The fourth-order valence-electron chi connectivity index (χ4n) is 2.28. The highest BCUT2D eigenvalue weighted by Gasteiger charge is 2.38. The molecule has 0 aliphatic carbocycles. The van der Waals surface area contributed by atoms with Crippen molar-refractivity contribution in [3.8, 4) is 0 Å². The molecule has 3 aromatic rings. The molecule has 0 unspecified atom stereocenters. The van der Waals surface area contributed by atoms with E-state index in [1.165, 1.54) is 23.7 Å². The summed E-state index contributed by atoms with van der Waals surface area (Å²) in [5.41, 5.74) is 7.72. The van der Waals surface area contributed by atoms with Crippen molar-refractivity contribution in [1.29, 1.82) is 0 Å². The number of nitrogens with two attached hydrogens (primary N) is 1. The van der Waals surface area contributed by atoms with Gasteiger partial charge in [-0.25, -0.2) is 9.88 Å². The molecule has 4 rings (SSSR count). The molecule has 1 aliphatic heterocycles. The molecular formula is C14H8N4O2S. The van der Waals surface area contributed by atoms with Crippen molar-refractivity contribution in [3.63, 3.8) is 0 Å². The molecule has 2 amide bonds. The molecule has 0 fully saturated rings. The van der Waals surface area contributed by atoms with Crippen molar-refractivity contribution in [3.05, 3.63) is 47.8 Å². The largest absolute Gasteiger partial charge is 0.399 e. The predicted octanol–water partition coefficient (Wildman–Crippen LogP) is 2.07. The number of rotatable bonds is 1. The van der Waals surface area contributed by atoms with Gasteiger partial charge in [0.25, 0.3) is 11.8 Å². The second kappa shape index (κ2) is 4.10. The molecule has 0 bridgehead atoms. The zero-order valence-corrected chi connectivity index (χ0v) is 11.4. The summed E-state index contributed by atoms with van der Waals surface area (Å²) in [5, 5.41) is 0.349. The maximum Gasteiger partial charge on any atom is 0.269 e. The van der Waals surface area contributed by atoms with Gasteiger partial charge < -0.3 is 5.73 Å². The van der Waals surface area contributed by atoms with Crippen LogP contribution in [0.1, 0.15) is 20.7 Å². The van der Waals surface area contributed by atoms with E-state index in [4.69, 9.17) is 5.73 Å². The van der Waals surface area contributed by atoms with Crippen molar-refractivity contribution < 1.29 is 9.59 Å². The van der Waals surface area contributed by atoms with Gasteiger partial charge in [0.2, 0.25) is 5.13 Å². The van der Waals surface area contributed by atoms with E-state index in [1.54, 1.807) is 24.3 Å². The van der Waals surface area contributed by atoms with Crippen LogP contribution in [-0.4, -0.2) is 21.8 Å². The minimum atomic E-state index is -0.393. The molecule has 0 saturated carbocycles. The number of imide groups is 1. The first kappa shape index (κ1) is 12.0. The molecule has 0 saturated heterocycles. The molecule has 2 N–H and O–H groups in total. The van der Waals surface area contributed by atoms with Crippen LogP contribution in [-0.2, 0) is 0 Å². The topological polar surface area (TPSA) is 89.2 Å². The maximum atomic E-state index is 12.4. The van der Waals surface area contributed by atoms with Crippen molar-refractivity contribution in [2.75, 3.05) is 10.6 Å². The smallest absolute Gasteiger partial charge is 0.269 e. The van der Waals surface area contributed by atoms with Gasteiger partial charge in [-0.3, -0.25) is 14.6 Å². The Morgan fingerprint density at radius 3 is 2.71 bits per heavy atom. The minimum Gasteiger partial charge on any atom is -0.399 e. The molecule has 0 spiro atoms. The molecular weight excluding hydrogens is 288 g/mol. The number of benzene rings is 1. The van der Waals surface area contributed by atoms with E-state index in [1.807, 2.05) is 0 Å². The van der Waals surface area contributed by atoms with Gasteiger partial charge in [-0.15, -0.1) is 0 Å². The standard InChI is InChI=1S/C14H8N4O2S/c15-7-1-2-10-11(5-7)21-14(17-10)18-12(19)8-3-4-16-6-9(8)13(18)20/h1-6H,15H2. The van der Waals surface area contributed by atoms with E-state index in [-0.39, 0.29) is 5.91 Å². The Kier molecular flexibility index (Phi) is 2.34. The average Bonchev–Trinajstić information content (AvgIpc) is 2.99. The van der Waals surface area contributed by atoms with Gasteiger partial charge in [0.05, 0.1) is 21.3 Å². The highest BCUT2D eigenvalue weighted by atomic mass is 32.1. The average molecular weight is 296 g/mol. The number of fused-ring (bicyclic) bond motifs is 2. The van der Waals surface area contributed by atoms with Crippen LogP contribution in [0.3, 0.4) is 0 Å². The summed E-state index contributed by atoms with van der Waals surface area (Å²) in [6.45, 7) is 0. The Labute approximate surface area is 122 Å². The molecule has 1 aromatic carbocycles. The Morgan fingerprint density at radius 2 is 1.90 bits per heavy atom. The Bertz CT molecular complexity index is 883. The van der Waals surface area contributed by atoms with Crippen LogP contribution in [0.4, 0.5) is 10.8 Å². The highest BCUT2D eigenvalue weighted by molar-refractivity contribution is 7.22. The number of nitrogens with zero attached hydrogens (tertiary/aromatic N) is 3. The second-order valence-electron chi connectivity index (χ2n) is 4.59. The van der Waals surface area contributed by atoms with Crippen molar-refractivity contribution in [2.45, 2.75) is 0 Å². The Balaban J connectivity index is 1.86. The lowest BCUT2D eigenvalue weighted by Gasteiger charge is -2.08. The third-order valence-corrected chi connectivity index (χ3v) is 4.28. The van der Waals surface area contributed by atoms with Crippen LogP contribution >= 0.6 is 11.3 Å². The number of anilines is 2. The number of hydrogen-bond acceptors (Lipinski definition) is 6. The number of thiazole rings is 1. The van der Waals surface area contributed by atoms with Crippen LogP contribution in [0, 0.1) is 0 Å². The van der Waals surface area contributed by atoms with Crippen molar-refractivity contribution in [1.82, 2.24) is 9.97 Å². The molecule has 6 nitrogen and oxygen atoms in total.